The van der Waals surface area contributed by atoms with E-state index in [-0.39, 0.29) is 12.0 Å². The summed E-state index contributed by atoms with van der Waals surface area (Å²) >= 11 is 1.90. The van der Waals surface area contributed by atoms with Gasteiger partial charge in [0.2, 0.25) is 5.88 Å². The molecule has 20 heavy (non-hydrogen) atoms. The van der Waals surface area contributed by atoms with Gasteiger partial charge in [0.05, 0.1) is 18.8 Å². The Morgan fingerprint density at radius 3 is 2.90 bits per heavy atom. The van der Waals surface area contributed by atoms with Crippen molar-refractivity contribution in [3.8, 4) is 5.88 Å². The van der Waals surface area contributed by atoms with Crippen molar-refractivity contribution >= 4 is 17.7 Å². The van der Waals surface area contributed by atoms with Crippen molar-refractivity contribution in [2.24, 2.45) is 0 Å². The zero-order valence-corrected chi connectivity index (χ0v) is 12.1. The van der Waals surface area contributed by atoms with Crippen LogP contribution < -0.4 is 4.74 Å². The molecule has 1 atom stereocenters. The molecule has 0 spiro atoms. The van der Waals surface area contributed by atoms with Gasteiger partial charge in [0.15, 0.2) is 0 Å². The molecular weight excluding hydrogens is 276 g/mol. The van der Waals surface area contributed by atoms with E-state index in [0.717, 1.165) is 17.9 Å². The molecule has 5 nitrogen and oxygen atoms in total. The fourth-order valence-electron chi connectivity index (χ4n) is 2.30. The first-order chi connectivity index (χ1) is 9.83. The highest BCUT2D eigenvalue weighted by Crippen LogP contribution is 2.22. The second-order valence-corrected chi connectivity index (χ2v) is 6.04. The number of hydrogen-bond donors (Lipinski definition) is 0. The number of rotatable bonds is 3. The smallest absolute Gasteiger partial charge is 0.255 e. The van der Waals surface area contributed by atoms with Crippen LogP contribution in [0.15, 0.2) is 18.3 Å². The van der Waals surface area contributed by atoms with E-state index in [0.29, 0.717) is 37.7 Å². The summed E-state index contributed by atoms with van der Waals surface area (Å²) in [6.45, 7) is 2.52. The molecule has 0 aliphatic carbocycles. The fraction of sp³-hybridized carbons (Fsp3) is 0.571. The molecule has 2 aliphatic rings. The average molecular weight is 294 g/mol. The summed E-state index contributed by atoms with van der Waals surface area (Å²) in [6.07, 6.45) is 2.93. The van der Waals surface area contributed by atoms with Crippen LogP contribution in [0.4, 0.5) is 0 Å². The number of aromatic nitrogens is 1. The summed E-state index contributed by atoms with van der Waals surface area (Å²) in [5.74, 6) is 2.80. The molecule has 6 heteroatoms. The maximum Gasteiger partial charge on any atom is 0.255 e. The number of pyridine rings is 1. The highest BCUT2D eigenvalue weighted by molar-refractivity contribution is 7.99. The number of carbonyl (C=O) groups excluding carboxylic acids is 1. The third kappa shape index (κ3) is 3.24. The molecule has 0 radical (unpaired) electrons. The zero-order valence-electron chi connectivity index (χ0n) is 11.3. The molecule has 1 aromatic rings. The molecule has 0 unspecified atom stereocenters. The zero-order chi connectivity index (χ0) is 13.8. The van der Waals surface area contributed by atoms with Crippen LogP contribution in [0, 0.1) is 0 Å². The first-order valence-electron chi connectivity index (χ1n) is 6.90. The first-order valence-corrected chi connectivity index (χ1v) is 8.06. The van der Waals surface area contributed by atoms with Crippen LogP contribution in [0.25, 0.3) is 0 Å². The van der Waals surface area contributed by atoms with E-state index < -0.39 is 0 Å². The maximum atomic E-state index is 12.2. The molecule has 0 aromatic carbocycles. The third-order valence-corrected chi connectivity index (χ3v) is 4.59. The lowest BCUT2D eigenvalue weighted by Crippen LogP contribution is -2.40. The number of carbonyl (C=O) groups is 1. The minimum Gasteiger partial charge on any atom is -0.473 e. The standard InChI is InChI=1S/C14H18N2O3S/c17-14(16-4-6-18-7-5-16)11-1-2-13(15-9-11)19-12-3-8-20-10-12/h1-2,9,12H,3-8,10H2/t12-/m0/s1. The van der Waals surface area contributed by atoms with Crippen LogP contribution in [-0.2, 0) is 4.74 Å². The molecule has 108 valence electrons. The van der Waals surface area contributed by atoms with Crippen LogP contribution >= 0.6 is 11.8 Å². The molecule has 2 saturated heterocycles. The second-order valence-electron chi connectivity index (χ2n) is 4.89. The van der Waals surface area contributed by atoms with Gasteiger partial charge in [-0.15, -0.1) is 0 Å². The van der Waals surface area contributed by atoms with E-state index in [1.165, 1.54) is 0 Å². The van der Waals surface area contributed by atoms with Gasteiger partial charge in [0.1, 0.15) is 6.10 Å². The lowest BCUT2D eigenvalue weighted by atomic mass is 10.2. The summed E-state index contributed by atoms with van der Waals surface area (Å²) in [5, 5.41) is 0. The van der Waals surface area contributed by atoms with Gasteiger partial charge in [-0.3, -0.25) is 4.79 Å². The molecule has 3 heterocycles. The van der Waals surface area contributed by atoms with Crippen molar-refractivity contribution in [2.75, 3.05) is 37.8 Å². The Labute approximate surface area is 122 Å². The molecule has 3 rings (SSSR count). The molecule has 0 bridgehead atoms. The van der Waals surface area contributed by atoms with E-state index in [2.05, 4.69) is 4.98 Å². The van der Waals surface area contributed by atoms with Crippen molar-refractivity contribution in [3.63, 3.8) is 0 Å². The molecular formula is C14H18N2O3S. The van der Waals surface area contributed by atoms with Gasteiger partial charge >= 0.3 is 0 Å². The van der Waals surface area contributed by atoms with Gasteiger partial charge in [-0.05, 0) is 18.2 Å². The Hall–Kier alpha value is -1.27. The van der Waals surface area contributed by atoms with Crippen LogP contribution in [-0.4, -0.2) is 59.7 Å². The molecule has 2 fully saturated rings. The van der Waals surface area contributed by atoms with Gasteiger partial charge in [0.25, 0.3) is 5.91 Å². The van der Waals surface area contributed by atoms with Gasteiger partial charge in [-0.2, -0.15) is 11.8 Å². The number of amides is 1. The molecule has 1 aromatic heterocycles. The normalized spacial score (nSPS) is 22.8. The summed E-state index contributed by atoms with van der Waals surface area (Å²) in [5.41, 5.74) is 0.611. The summed E-state index contributed by atoms with van der Waals surface area (Å²) in [6, 6.07) is 3.58. The molecule has 0 saturated carbocycles. The van der Waals surface area contributed by atoms with Crippen molar-refractivity contribution < 1.29 is 14.3 Å². The summed E-state index contributed by atoms with van der Waals surface area (Å²) < 4.78 is 11.0. The Morgan fingerprint density at radius 2 is 2.25 bits per heavy atom. The lowest BCUT2D eigenvalue weighted by molar-refractivity contribution is 0.0302. The molecule has 1 amide bonds. The topological polar surface area (TPSA) is 51.7 Å². The van der Waals surface area contributed by atoms with Gasteiger partial charge in [0, 0.05) is 31.1 Å². The van der Waals surface area contributed by atoms with Crippen molar-refractivity contribution in [3.05, 3.63) is 23.9 Å². The van der Waals surface area contributed by atoms with Crippen molar-refractivity contribution in [2.45, 2.75) is 12.5 Å². The number of nitrogens with zero attached hydrogens (tertiary/aromatic N) is 2. The number of morpholine rings is 1. The summed E-state index contributed by atoms with van der Waals surface area (Å²) in [7, 11) is 0. The minimum absolute atomic E-state index is 0.0174. The van der Waals surface area contributed by atoms with Crippen molar-refractivity contribution in [1.29, 1.82) is 0 Å². The van der Waals surface area contributed by atoms with Crippen LogP contribution in [0.3, 0.4) is 0 Å². The number of thioether (sulfide) groups is 1. The van der Waals surface area contributed by atoms with Crippen LogP contribution in [0.1, 0.15) is 16.8 Å². The first kappa shape index (κ1) is 13.7. The minimum atomic E-state index is 0.0174. The van der Waals surface area contributed by atoms with Crippen LogP contribution in [0.2, 0.25) is 0 Å². The van der Waals surface area contributed by atoms with Crippen molar-refractivity contribution in [1.82, 2.24) is 9.88 Å². The van der Waals surface area contributed by atoms with E-state index in [4.69, 9.17) is 9.47 Å². The third-order valence-electron chi connectivity index (χ3n) is 3.46. The predicted molar refractivity (Wildman–Crippen MR) is 77.3 cm³/mol. The Balaban J connectivity index is 1.61. The van der Waals surface area contributed by atoms with E-state index >= 15 is 0 Å². The van der Waals surface area contributed by atoms with Gasteiger partial charge < -0.3 is 14.4 Å². The van der Waals surface area contributed by atoms with Crippen LogP contribution in [0.5, 0.6) is 5.88 Å². The lowest BCUT2D eigenvalue weighted by Gasteiger charge is -2.26. The predicted octanol–water partition coefficient (Wildman–Crippen LogP) is 1.44. The highest BCUT2D eigenvalue weighted by Gasteiger charge is 2.20. The fourth-order valence-corrected chi connectivity index (χ4v) is 3.40. The average Bonchev–Trinajstić information content (AvgIpc) is 3.01. The maximum absolute atomic E-state index is 12.2. The molecule has 2 aliphatic heterocycles. The van der Waals surface area contributed by atoms with Gasteiger partial charge in [-0.1, -0.05) is 0 Å². The number of hydrogen-bond acceptors (Lipinski definition) is 5. The molecule has 0 N–H and O–H groups in total. The largest absolute Gasteiger partial charge is 0.473 e. The highest BCUT2D eigenvalue weighted by atomic mass is 32.2. The monoisotopic (exact) mass is 294 g/mol. The van der Waals surface area contributed by atoms with Gasteiger partial charge in [-0.25, -0.2) is 4.98 Å². The quantitative estimate of drug-likeness (QED) is 0.844. The Morgan fingerprint density at radius 1 is 1.40 bits per heavy atom. The number of ether oxygens (including phenoxy) is 2. The van der Waals surface area contributed by atoms with E-state index in [1.54, 1.807) is 23.2 Å². The van der Waals surface area contributed by atoms with E-state index in [9.17, 15) is 4.79 Å². The summed E-state index contributed by atoms with van der Waals surface area (Å²) in [4.78, 5) is 18.3. The second kappa shape index (κ2) is 6.45. The van der Waals surface area contributed by atoms with E-state index in [1.807, 2.05) is 11.8 Å². The Bertz CT molecular complexity index is 454. The SMILES string of the molecule is O=C(c1ccc(O[C@H]2CCSC2)nc1)N1CCOCC1. The Kier molecular flexibility index (Phi) is 4.42.